The predicted octanol–water partition coefficient (Wildman–Crippen LogP) is -0.387. The van der Waals surface area contributed by atoms with Crippen LogP contribution in [0, 0.1) is 0 Å². The Labute approximate surface area is 171 Å². The smallest absolute Gasteiger partial charge is 0.234 e. The second kappa shape index (κ2) is 11.7. The lowest BCUT2D eigenvalue weighted by Crippen LogP contribution is -2.50. The first-order valence-corrected chi connectivity index (χ1v) is 10.4. The molecule has 0 unspecified atom stereocenters. The summed E-state index contributed by atoms with van der Waals surface area (Å²) in [5.74, 6) is 0.131. The maximum absolute atomic E-state index is 12.2. The van der Waals surface area contributed by atoms with Crippen molar-refractivity contribution < 1.29 is 9.59 Å². The van der Waals surface area contributed by atoms with Gasteiger partial charge in [0.05, 0.1) is 13.1 Å². The second-order valence-electron chi connectivity index (χ2n) is 9.65. The number of carbonyl (C=O) groups is 2. The highest BCUT2D eigenvalue weighted by Gasteiger charge is 2.18. The van der Waals surface area contributed by atoms with Crippen molar-refractivity contribution in [3.8, 4) is 0 Å². The molecule has 0 spiro atoms. The van der Waals surface area contributed by atoms with Crippen LogP contribution in [-0.4, -0.2) is 98.1 Å². The molecule has 1 aliphatic rings. The number of hydrogen-bond acceptors (Lipinski definition) is 6. The molecule has 1 fully saturated rings. The molecule has 28 heavy (non-hydrogen) atoms. The average molecular weight is 399 g/mol. The molecule has 0 radical (unpaired) electrons. The van der Waals surface area contributed by atoms with Gasteiger partial charge >= 0.3 is 0 Å². The number of nitrogens with zero attached hydrogens (tertiary/aromatic N) is 2. The third-order valence-electron chi connectivity index (χ3n) is 4.18. The van der Waals surface area contributed by atoms with Crippen molar-refractivity contribution in [2.45, 2.75) is 52.6 Å². The highest BCUT2D eigenvalue weighted by molar-refractivity contribution is 5.79. The Bertz CT molecular complexity index is 428. The zero-order valence-electron chi connectivity index (χ0n) is 18.8. The van der Waals surface area contributed by atoms with E-state index in [1.54, 1.807) is 0 Å². The molecule has 0 aromatic rings. The molecule has 0 aliphatic carbocycles. The lowest BCUT2D eigenvalue weighted by molar-refractivity contribution is -0.124. The van der Waals surface area contributed by atoms with Gasteiger partial charge in [0.2, 0.25) is 11.8 Å². The summed E-state index contributed by atoms with van der Waals surface area (Å²) in [4.78, 5) is 28.8. The molecule has 2 amide bonds. The number of amides is 2. The van der Waals surface area contributed by atoms with Crippen LogP contribution < -0.4 is 21.3 Å². The quantitative estimate of drug-likeness (QED) is 0.516. The van der Waals surface area contributed by atoms with Gasteiger partial charge in [0, 0.05) is 63.4 Å². The molecule has 8 nitrogen and oxygen atoms in total. The lowest BCUT2D eigenvalue weighted by atomic mass is 10.1. The Hall–Kier alpha value is -1.22. The third kappa shape index (κ3) is 13.0. The summed E-state index contributed by atoms with van der Waals surface area (Å²) in [6.07, 6.45) is 0. The van der Waals surface area contributed by atoms with Gasteiger partial charge < -0.3 is 21.3 Å². The number of carbonyl (C=O) groups excluding carboxylic acids is 2. The van der Waals surface area contributed by atoms with Crippen LogP contribution in [0.5, 0.6) is 0 Å². The Morgan fingerprint density at radius 3 is 1.21 bits per heavy atom. The molecule has 0 bridgehead atoms. The molecular formula is C20H42N6O2. The van der Waals surface area contributed by atoms with Crippen LogP contribution in [0.2, 0.25) is 0 Å². The molecule has 8 heteroatoms. The van der Waals surface area contributed by atoms with E-state index >= 15 is 0 Å². The van der Waals surface area contributed by atoms with E-state index in [2.05, 4.69) is 31.1 Å². The molecule has 164 valence electrons. The van der Waals surface area contributed by atoms with Gasteiger partial charge in [0.15, 0.2) is 0 Å². The summed E-state index contributed by atoms with van der Waals surface area (Å²) in [5, 5.41) is 12.9. The molecule has 0 atom stereocenters. The fourth-order valence-corrected chi connectivity index (χ4v) is 3.06. The van der Waals surface area contributed by atoms with Crippen LogP contribution in [0.25, 0.3) is 0 Å². The standard InChI is InChI=1S/C20H42N6O2/c1-19(2,3)23-17(27)15-25-11-7-21-9-13-26(14-10-22-8-12-25)16-18(28)24-20(4,5)6/h21-22H,7-16H2,1-6H3,(H,23,27)(H,24,28). The zero-order valence-corrected chi connectivity index (χ0v) is 18.8. The summed E-state index contributed by atoms with van der Waals surface area (Å²) in [6, 6.07) is 0. The van der Waals surface area contributed by atoms with Crippen LogP contribution >= 0.6 is 0 Å². The SMILES string of the molecule is CC(C)(C)NC(=O)CN1CCNCCN(CC(=O)NC(C)(C)C)CCNCC1. The fraction of sp³-hybridized carbons (Fsp3) is 0.900. The van der Waals surface area contributed by atoms with Crippen molar-refractivity contribution >= 4 is 11.8 Å². The van der Waals surface area contributed by atoms with E-state index in [4.69, 9.17) is 0 Å². The first-order valence-electron chi connectivity index (χ1n) is 10.4. The minimum absolute atomic E-state index is 0.0654. The van der Waals surface area contributed by atoms with Crippen molar-refractivity contribution in [3.05, 3.63) is 0 Å². The number of nitrogens with one attached hydrogen (secondary N) is 4. The average Bonchev–Trinajstić information content (AvgIpc) is 2.48. The minimum atomic E-state index is -0.206. The summed E-state index contributed by atoms with van der Waals surface area (Å²) in [5.41, 5.74) is -0.411. The first kappa shape index (κ1) is 24.8. The van der Waals surface area contributed by atoms with Gasteiger partial charge in [-0.3, -0.25) is 19.4 Å². The number of hydrogen-bond donors (Lipinski definition) is 4. The van der Waals surface area contributed by atoms with E-state index in [9.17, 15) is 9.59 Å². The molecule has 1 saturated heterocycles. The molecular weight excluding hydrogens is 356 g/mol. The zero-order chi connectivity index (χ0) is 21.2. The molecule has 4 N–H and O–H groups in total. The summed E-state index contributed by atoms with van der Waals surface area (Å²) >= 11 is 0. The van der Waals surface area contributed by atoms with E-state index in [-0.39, 0.29) is 22.9 Å². The van der Waals surface area contributed by atoms with Gasteiger partial charge in [-0.05, 0) is 41.5 Å². The largest absolute Gasteiger partial charge is 0.350 e. The lowest BCUT2D eigenvalue weighted by Gasteiger charge is -2.28. The summed E-state index contributed by atoms with van der Waals surface area (Å²) in [6.45, 7) is 19.4. The van der Waals surface area contributed by atoms with Gasteiger partial charge in [-0.2, -0.15) is 0 Å². The summed E-state index contributed by atoms with van der Waals surface area (Å²) in [7, 11) is 0. The molecule has 0 saturated carbocycles. The molecule has 0 aromatic carbocycles. The van der Waals surface area contributed by atoms with E-state index in [0.717, 1.165) is 52.4 Å². The third-order valence-corrected chi connectivity index (χ3v) is 4.18. The van der Waals surface area contributed by atoms with E-state index in [0.29, 0.717) is 13.1 Å². The highest BCUT2D eigenvalue weighted by Crippen LogP contribution is 2.00. The molecule has 1 heterocycles. The fourth-order valence-electron chi connectivity index (χ4n) is 3.06. The van der Waals surface area contributed by atoms with Crippen molar-refractivity contribution in [3.63, 3.8) is 0 Å². The first-order chi connectivity index (χ1) is 12.9. The Balaban J connectivity index is 2.44. The second-order valence-corrected chi connectivity index (χ2v) is 9.65. The Morgan fingerprint density at radius 1 is 0.679 bits per heavy atom. The van der Waals surface area contributed by atoms with Crippen molar-refractivity contribution in [2.24, 2.45) is 0 Å². The maximum Gasteiger partial charge on any atom is 0.234 e. The van der Waals surface area contributed by atoms with E-state index in [1.165, 1.54) is 0 Å². The molecule has 1 rings (SSSR count). The van der Waals surface area contributed by atoms with Crippen molar-refractivity contribution in [2.75, 3.05) is 65.4 Å². The van der Waals surface area contributed by atoms with Crippen LogP contribution in [0.3, 0.4) is 0 Å². The van der Waals surface area contributed by atoms with Gasteiger partial charge in [-0.25, -0.2) is 0 Å². The monoisotopic (exact) mass is 398 g/mol. The Morgan fingerprint density at radius 2 is 0.964 bits per heavy atom. The summed E-state index contributed by atoms with van der Waals surface area (Å²) < 4.78 is 0. The molecule has 1 aliphatic heterocycles. The van der Waals surface area contributed by atoms with E-state index in [1.807, 2.05) is 41.5 Å². The minimum Gasteiger partial charge on any atom is -0.350 e. The maximum atomic E-state index is 12.2. The topological polar surface area (TPSA) is 88.7 Å². The normalized spacial score (nSPS) is 19.4. The molecule has 0 aromatic heterocycles. The van der Waals surface area contributed by atoms with Crippen molar-refractivity contribution in [1.82, 2.24) is 31.1 Å². The van der Waals surface area contributed by atoms with Crippen LogP contribution in [0.1, 0.15) is 41.5 Å². The predicted molar refractivity (Wildman–Crippen MR) is 114 cm³/mol. The Kier molecular flexibility index (Phi) is 10.4. The van der Waals surface area contributed by atoms with Crippen LogP contribution in [0.4, 0.5) is 0 Å². The van der Waals surface area contributed by atoms with Gasteiger partial charge in [-0.1, -0.05) is 0 Å². The van der Waals surface area contributed by atoms with Crippen LogP contribution in [0.15, 0.2) is 0 Å². The van der Waals surface area contributed by atoms with Crippen molar-refractivity contribution in [1.29, 1.82) is 0 Å². The van der Waals surface area contributed by atoms with Gasteiger partial charge in [0.25, 0.3) is 0 Å². The van der Waals surface area contributed by atoms with Gasteiger partial charge in [0.1, 0.15) is 0 Å². The van der Waals surface area contributed by atoms with E-state index < -0.39 is 0 Å². The number of rotatable bonds is 4. The van der Waals surface area contributed by atoms with Crippen LogP contribution in [-0.2, 0) is 9.59 Å². The highest BCUT2D eigenvalue weighted by atomic mass is 16.2. The van der Waals surface area contributed by atoms with Gasteiger partial charge in [-0.15, -0.1) is 0 Å².